The van der Waals surface area contributed by atoms with E-state index < -0.39 is 0 Å². The third-order valence-corrected chi connectivity index (χ3v) is 4.09. The van der Waals surface area contributed by atoms with Crippen molar-refractivity contribution in [1.29, 1.82) is 0 Å². The number of carbonyl (C=O) groups is 1. The number of benzene rings is 1. The fraction of sp³-hybridized carbons (Fsp3) is 0.588. The van der Waals surface area contributed by atoms with E-state index in [4.69, 9.17) is 14.2 Å². The number of carbonyl (C=O) groups excluding carboxylic acids is 1. The summed E-state index contributed by atoms with van der Waals surface area (Å²) in [5.74, 6) is 0.501. The first kappa shape index (κ1) is 15.3. The van der Waals surface area contributed by atoms with Gasteiger partial charge in [0.25, 0.3) is 5.91 Å². The topological polar surface area (TPSA) is 56.8 Å². The van der Waals surface area contributed by atoms with Gasteiger partial charge in [0.2, 0.25) is 0 Å². The van der Waals surface area contributed by atoms with Gasteiger partial charge in [-0.15, -0.1) is 0 Å². The van der Waals surface area contributed by atoms with Crippen LogP contribution in [0.25, 0.3) is 0 Å². The molecule has 0 bridgehead atoms. The zero-order valence-corrected chi connectivity index (χ0v) is 12.8. The Morgan fingerprint density at radius 2 is 1.86 bits per heavy atom. The van der Waals surface area contributed by atoms with E-state index in [2.05, 4.69) is 5.32 Å². The van der Waals surface area contributed by atoms with E-state index in [9.17, 15) is 4.79 Å². The molecular formula is C17H23NO4. The molecular weight excluding hydrogens is 282 g/mol. The van der Waals surface area contributed by atoms with Gasteiger partial charge >= 0.3 is 0 Å². The van der Waals surface area contributed by atoms with Gasteiger partial charge in [0, 0.05) is 19.8 Å². The molecule has 1 aromatic rings. The minimum absolute atomic E-state index is 0.113. The maximum Gasteiger partial charge on any atom is 0.255 e. The van der Waals surface area contributed by atoms with Gasteiger partial charge in [-0.1, -0.05) is 12.1 Å². The molecule has 2 aliphatic heterocycles. The summed E-state index contributed by atoms with van der Waals surface area (Å²) >= 11 is 0. The maximum absolute atomic E-state index is 12.3. The van der Waals surface area contributed by atoms with Crippen molar-refractivity contribution < 1.29 is 19.0 Å². The first-order chi connectivity index (χ1) is 10.8. The van der Waals surface area contributed by atoms with Gasteiger partial charge in [-0.25, -0.2) is 0 Å². The van der Waals surface area contributed by atoms with Crippen molar-refractivity contribution in [2.45, 2.75) is 37.9 Å². The number of hydrogen-bond acceptors (Lipinski definition) is 4. The van der Waals surface area contributed by atoms with Crippen LogP contribution in [0.4, 0.5) is 0 Å². The lowest BCUT2D eigenvalue weighted by Crippen LogP contribution is -2.32. The minimum Gasteiger partial charge on any atom is -0.490 e. The molecule has 2 fully saturated rings. The fourth-order valence-electron chi connectivity index (χ4n) is 2.85. The fourth-order valence-corrected chi connectivity index (χ4v) is 2.85. The number of rotatable bonds is 6. The molecule has 2 saturated heterocycles. The molecule has 0 aromatic heterocycles. The van der Waals surface area contributed by atoms with Gasteiger partial charge in [0.1, 0.15) is 12.4 Å². The highest BCUT2D eigenvalue weighted by atomic mass is 16.5. The second-order valence-electron chi connectivity index (χ2n) is 5.79. The van der Waals surface area contributed by atoms with E-state index in [-0.39, 0.29) is 18.1 Å². The van der Waals surface area contributed by atoms with E-state index >= 15 is 0 Å². The summed E-state index contributed by atoms with van der Waals surface area (Å²) in [7, 11) is 0. The number of ether oxygens (including phenoxy) is 3. The van der Waals surface area contributed by atoms with E-state index in [1.807, 2.05) is 18.2 Å². The maximum atomic E-state index is 12.3. The Morgan fingerprint density at radius 1 is 1.14 bits per heavy atom. The lowest BCUT2D eigenvalue weighted by Gasteiger charge is -2.15. The monoisotopic (exact) mass is 305 g/mol. The number of hydrogen-bond donors (Lipinski definition) is 1. The van der Waals surface area contributed by atoms with Crippen molar-refractivity contribution >= 4 is 5.91 Å². The predicted molar refractivity (Wildman–Crippen MR) is 82.2 cm³/mol. The Hall–Kier alpha value is -1.59. The molecule has 0 aliphatic carbocycles. The highest BCUT2D eigenvalue weighted by Crippen LogP contribution is 2.20. The normalized spacial score (nSPS) is 24.4. The molecule has 5 heteroatoms. The molecule has 2 heterocycles. The molecule has 1 aromatic carbocycles. The molecule has 120 valence electrons. The highest BCUT2D eigenvalue weighted by molar-refractivity contribution is 5.96. The van der Waals surface area contributed by atoms with Crippen LogP contribution >= 0.6 is 0 Å². The third-order valence-electron chi connectivity index (χ3n) is 4.09. The van der Waals surface area contributed by atoms with Crippen LogP contribution < -0.4 is 10.1 Å². The average molecular weight is 305 g/mol. The van der Waals surface area contributed by atoms with Gasteiger partial charge in [-0.3, -0.25) is 4.79 Å². The second-order valence-corrected chi connectivity index (χ2v) is 5.79. The summed E-state index contributed by atoms with van der Waals surface area (Å²) in [5, 5.41) is 2.93. The Kier molecular flexibility index (Phi) is 5.29. The Morgan fingerprint density at radius 3 is 2.59 bits per heavy atom. The molecule has 1 amide bonds. The molecule has 0 spiro atoms. The Labute approximate surface area is 130 Å². The van der Waals surface area contributed by atoms with Crippen molar-refractivity contribution in [3.05, 3.63) is 29.8 Å². The van der Waals surface area contributed by atoms with Crippen molar-refractivity contribution in [3.63, 3.8) is 0 Å². The van der Waals surface area contributed by atoms with E-state index in [1.54, 1.807) is 6.07 Å². The minimum atomic E-state index is -0.113. The van der Waals surface area contributed by atoms with Crippen molar-refractivity contribution in [2.75, 3.05) is 26.4 Å². The molecule has 2 aliphatic rings. The summed E-state index contributed by atoms with van der Waals surface area (Å²) in [6.07, 6.45) is 4.47. The van der Waals surface area contributed by atoms with Crippen LogP contribution in [-0.2, 0) is 9.47 Å². The van der Waals surface area contributed by atoms with Crippen LogP contribution in [0.3, 0.4) is 0 Å². The summed E-state index contributed by atoms with van der Waals surface area (Å²) in [6.45, 7) is 2.65. The molecule has 1 N–H and O–H groups in total. The number of amides is 1. The molecule has 5 nitrogen and oxygen atoms in total. The van der Waals surface area contributed by atoms with Crippen molar-refractivity contribution in [3.8, 4) is 5.75 Å². The summed E-state index contributed by atoms with van der Waals surface area (Å²) < 4.78 is 16.9. The van der Waals surface area contributed by atoms with E-state index in [1.165, 1.54) is 0 Å². The molecule has 2 atom stereocenters. The lowest BCUT2D eigenvalue weighted by molar-refractivity contribution is 0.0668. The van der Waals surface area contributed by atoms with Gasteiger partial charge in [-0.05, 0) is 37.8 Å². The molecule has 22 heavy (non-hydrogen) atoms. The zero-order chi connectivity index (χ0) is 15.2. The van der Waals surface area contributed by atoms with Crippen molar-refractivity contribution in [2.24, 2.45) is 0 Å². The van der Waals surface area contributed by atoms with Gasteiger partial charge in [-0.2, -0.15) is 0 Å². The van der Waals surface area contributed by atoms with Crippen LogP contribution in [0.2, 0.25) is 0 Å². The van der Waals surface area contributed by atoms with Crippen LogP contribution in [0.5, 0.6) is 5.75 Å². The lowest BCUT2D eigenvalue weighted by atomic mass is 10.1. The number of para-hydroxylation sites is 1. The summed E-state index contributed by atoms with van der Waals surface area (Å²) in [4.78, 5) is 12.3. The highest BCUT2D eigenvalue weighted by Gasteiger charge is 2.20. The van der Waals surface area contributed by atoms with E-state index in [0.29, 0.717) is 24.5 Å². The van der Waals surface area contributed by atoms with Crippen LogP contribution in [0, 0.1) is 0 Å². The molecule has 0 unspecified atom stereocenters. The Balaban J connectivity index is 1.55. The zero-order valence-electron chi connectivity index (χ0n) is 12.8. The first-order valence-corrected chi connectivity index (χ1v) is 8.06. The third kappa shape index (κ3) is 3.99. The smallest absolute Gasteiger partial charge is 0.255 e. The molecule has 3 rings (SSSR count). The Bertz CT molecular complexity index is 493. The quantitative estimate of drug-likeness (QED) is 0.875. The average Bonchev–Trinajstić information content (AvgIpc) is 3.24. The van der Waals surface area contributed by atoms with Crippen LogP contribution in [0.1, 0.15) is 36.0 Å². The van der Waals surface area contributed by atoms with Crippen LogP contribution in [-0.4, -0.2) is 44.5 Å². The first-order valence-electron chi connectivity index (χ1n) is 8.06. The molecule has 0 saturated carbocycles. The van der Waals surface area contributed by atoms with Gasteiger partial charge in [0.15, 0.2) is 0 Å². The SMILES string of the molecule is O=C(NC[C@@H]1CCCO1)c1ccccc1OC[C@@H]1CCCO1. The summed E-state index contributed by atoms with van der Waals surface area (Å²) in [5.41, 5.74) is 0.568. The summed E-state index contributed by atoms with van der Waals surface area (Å²) in [6, 6.07) is 7.34. The predicted octanol–water partition coefficient (Wildman–Crippen LogP) is 2.15. The van der Waals surface area contributed by atoms with Gasteiger partial charge < -0.3 is 19.5 Å². The molecule has 0 radical (unpaired) electrons. The largest absolute Gasteiger partial charge is 0.490 e. The van der Waals surface area contributed by atoms with Crippen molar-refractivity contribution in [1.82, 2.24) is 5.32 Å². The van der Waals surface area contributed by atoms with E-state index in [0.717, 1.165) is 38.9 Å². The number of nitrogens with one attached hydrogen (secondary N) is 1. The van der Waals surface area contributed by atoms with Gasteiger partial charge in [0.05, 0.1) is 17.8 Å². The second kappa shape index (κ2) is 7.61. The standard InChI is InChI=1S/C17H23NO4/c19-17(18-11-13-5-3-9-20-13)15-7-1-2-8-16(15)22-12-14-6-4-10-21-14/h1-2,7-8,13-14H,3-6,9-12H2,(H,18,19)/t13-,14-/m0/s1. The van der Waals surface area contributed by atoms with Crippen LogP contribution in [0.15, 0.2) is 24.3 Å².